The molecule has 2 aromatic rings. The smallest absolute Gasteiger partial charge is 0.265 e. The standard InChI is InChI=1S/C17H18BrN3O2S/c1-11-14(16(23)21-9-3-2-4-10-21)24-17(19-11)20-15(22)12-5-7-13(18)8-6-12/h5-8H,2-4,9-10H2,1H3,(H,19,20,22). The lowest BCUT2D eigenvalue weighted by molar-refractivity contribution is 0.0728. The molecule has 0 atom stereocenters. The van der Waals surface area contributed by atoms with Gasteiger partial charge < -0.3 is 4.90 Å². The van der Waals surface area contributed by atoms with Crippen LogP contribution in [0.4, 0.5) is 5.13 Å². The van der Waals surface area contributed by atoms with Crippen molar-refractivity contribution in [2.24, 2.45) is 0 Å². The molecule has 126 valence electrons. The average molecular weight is 408 g/mol. The van der Waals surface area contributed by atoms with Gasteiger partial charge in [-0.15, -0.1) is 0 Å². The van der Waals surface area contributed by atoms with Crippen molar-refractivity contribution in [1.82, 2.24) is 9.88 Å². The fraction of sp³-hybridized carbons (Fsp3) is 0.353. The van der Waals surface area contributed by atoms with Crippen molar-refractivity contribution in [3.05, 3.63) is 44.9 Å². The lowest BCUT2D eigenvalue weighted by Gasteiger charge is -2.26. The van der Waals surface area contributed by atoms with Crippen molar-refractivity contribution in [3.8, 4) is 0 Å². The first-order chi connectivity index (χ1) is 11.5. The summed E-state index contributed by atoms with van der Waals surface area (Å²) in [5.74, 6) is -0.206. The van der Waals surface area contributed by atoms with E-state index in [0.29, 0.717) is 21.3 Å². The summed E-state index contributed by atoms with van der Waals surface area (Å²) in [5.41, 5.74) is 1.22. The molecular formula is C17H18BrN3O2S. The van der Waals surface area contributed by atoms with E-state index in [-0.39, 0.29) is 11.8 Å². The predicted molar refractivity (Wildman–Crippen MR) is 98.7 cm³/mol. The Morgan fingerprint density at radius 2 is 1.83 bits per heavy atom. The van der Waals surface area contributed by atoms with E-state index >= 15 is 0 Å². The van der Waals surface area contributed by atoms with Crippen LogP contribution in [0, 0.1) is 6.92 Å². The number of rotatable bonds is 3. The maximum absolute atomic E-state index is 12.6. The van der Waals surface area contributed by atoms with Gasteiger partial charge in [-0.2, -0.15) is 0 Å². The second-order valence-electron chi connectivity index (χ2n) is 5.75. The Labute approximate surface area is 153 Å². The molecule has 3 rings (SSSR count). The zero-order valence-corrected chi connectivity index (χ0v) is 15.7. The van der Waals surface area contributed by atoms with Gasteiger partial charge in [0.05, 0.1) is 5.69 Å². The topological polar surface area (TPSA) is 62.3 Å². The van der Waals surface area contributed by atoms with Crippen molar-refractivity contribution in [2.75, 3.05) is 18.4 Å². The van der Waals surface area contributed by atoms with Crippen LogP contribution >= 0.6 is 27.3 Å². The molecule has 0 bridgehead atoms. The number of thiazole rings is 1. The Morgan fingerprint density at radius 3 is 2.50 bits per heavy atom. The normalized spacial score (nSPS) is 14.5. The Hall–Kier alpha value is -1.73. The minimum Gasteiger partial charge on any atom is -0.338 e. The number of carbonyl (C=O) groups excluding carboxylic acids is 2. The Bertz CT molecular complexity index is 752. The van der Waals surface area contributed by atoms with E-state index in [1.54, 1.807) is 12.1 Å². The van der Waals surface area contributed by atoms with E-state index in [4.69, 9.17) is 0 Å². The van der Waals surface area contributed by atoms with Crippen LogP contribution in [0.1, 0.15) is 45.0 Å². The molecule has 5 nitrogen and oxygen atoms in total. The first-order valence-electron chi connectivity index (χ1n) is 7.88. The Morgan fingerprint density at radius 1 is 1.17 bits per heavy atom. The second kappa shape index (κ2) is 7.44. The van der Waals surface area contributed by atoms with E-state index in [2.05, 4.69) is 26.2 Å². The minimum atomic E-state index is -0.228. The Kier molecular flexibility index (Phi) is 5.30. The molecule has 1 aliphatic rings. The van der Waals surface area contributed by atoms with Gasteiger partial charge in [-0.1, -0.05) is 27.3 Å². The van der Waals surface area contributed by atoms with Crippen LogP contribution in [0.15, 0.2) is 28.7 Å². The Balaban J connectivity index is 1.72. The number of hydrogen-bond acceptors (Lipinski definition) is 4. The zero-order chi connectivity index (χ0) is 17.1. The molecule has 0 spiro atoms. The third-order valence-electron chi connectivity index (χ3n) is 3.96. The molecule has 7 heteroatoms. The second-order valence-corrected chi connectivity index (χ2v) is 7.66. The van der Waals surface area contributed by atoms with Gasteiger partial charge in [-0.3, -0.25) is 14.9 Å². The molecule has 1 fully saturated rings. The highest BCUT2D eigenvalue weighted by atomic mass is 79.9. The van der Waals surface area contributed by atoms with Crippen molar-refractivity contribution in [2.45, 2.75) is 26.2 Å². The molecule has 2 amide bonds. The molecule has 0 saturated carbocycles. The quantitative estimate of drug-likeness (QED) is 0.832. The van der Waals surface area contributed by atoms with Crippen LogP contribution in [0.2, 0.25) is 0 Å². The monoisotopic (exact) mass is 407 g/mol. The lowest BCUT2D eigenvalue weighted by Crippen LogP contribution is -2.35. The number of hydrogen-bond donors (Lipinski definition) is 1. The zero-order valence-electron chi connectivity index (χ0n) is 13.3. The van der Waals surface area contributed by atoms with E-state index in [0.717, 1.165) is 30.4 Å². The molecule has 1 aromatic carbocycles. The lowest BCUT2D eigenvalue weighted by atomic mass is 10.1. The summed E-state index contributed by atoms with van der Waals surface area (Å²) in [5, 5.41) is 3.24. The number of nitrogens with one attached hydrogen (secondary N) is 1. The summed E-state index contributed by atoms with van der Waals surface area (Å²) in [4.78, 5) is 31.7. The SMILES string of the molecule is Cc1nc(NC(=O)c2ccc(Br)cc2)sc1C(=O)N1CCCCC1. The summed E-state index contributed by atoms with van der Waals surface area (Å²) < 4.78 is 0.915. The van der Waals surface area contributed by atoms with Gasteiger partial charge in [0.25, 0.3) is 11.8 Å². The number of aryl methyl sites for hydroxylation is 1. The van der Waals surface area contributed by atoms with Crippen molar-refractivity contribution >= 4 is 44.2 Å². The van der Waals surface area contributed by atoms with Gasteiger partial charge in [0, 0.05) is 23.1 Å². The largest absolute Gasteiger partial charge is 0.338 e. The number of carbonyl (C=O) groups is 2. The van der Waals surface area contributed by atoms with Gasteiger partial charge in [0.2, 0.25) is 0 Å². The molecule has 1 aliphatic heterocycles. The molecule has 24 heavy (non-hydrogen) atoms. The average Bonchev–Trinajstić information content (AvgIpc) is 2.95. The number of likely N-dealkylation sites (tertiary alicyclic amines) is 1. The van der Waals surface area contributed by atoms with E-state index in [1.807, 2.05) is 24.0 Å². The number of amides is 2. The van der Waals surface area contributed by atoms with Crippen LogP contribution < -0.4 is 5.32 Å². The van der Waals surface area contributed by atoms with Gasteiger partial charge in [-0.05, 0) is 50.5 Å². The molecule has 1 N–H and O–H groups in total. The highest BCUT2D eigenvalue weighted by Gasteiger charge is 2.23. The fourth-order valence-corrected chi connectivity index (χ4v) is 3.85. The van der Waals surface area contributed by atoms with Gasteiger partial charge in [-0.25, -0.2) is 4.98 Å². The van der Waals surface area contributed by atoms with Crippen LogP contribution in [0.5, 0.6) is 0 Å². The summed E-state index contributed by atoms with van der Waals surface area (Å²) in [7, 11) is 0. The summed E-state index contributed by atoms with van der Waals surface area (Å²) in [6, 6.07) is 7.10. The molecule has 0 aliphatic carbocycles. The first-order valence-corrected chi connectivity index (χ1v) is 9.49. The third-order valence-corrected chi connectivity index (χ3v) is 5.55. The number of benzene rings is 1. The van der Waals surface area contributed by atoms with Gasteiger partial charge in [0.1, 0.15) is 4.88 Å². The number of aromatic nitrogens is 1. The van der Waals surface area contributed by atoms with E-state index in [9.17, 15) is 9.59 Å². The number of anilines is 1. The molecule has 0 radical (unpaired) electrons. The molecule has 0 unspecified atom stereocenters. The summed E-state index contributed by atoms with van der Waals surface area (Å²) >= 11 is 4.59. The van der Waals surface area contributed by atoms with Crippen molar-refractivity contribution in [1.29, 1.82) is 0 Å². The minimum absolute atomic E-state index is 0.0221. The highest BCUT2D eigenvalue weighted by molar-refractivity contribution is 9.10. The summed E-state index contributed by atoms with van der Waals surface area (Å²) in [6.45, 7) is 3.41. The predicted octanol–water partition coefficient (Wildman–Crippen LogP) is 4.09. The van der Waals surface area contributed by atoms with E-state index < -0.39 is 0 Å². The van der Waals surface area contributed by atoms with Crippen molar-refractivity contribution in [3.63, 3.8) is 0 Å². The van der Waals surface area contributed by atoms with Gasteiger partial charge in [0.15, 0.2) is 5.13 Å². The molecule has 1 saturated heterocycles. The number of piperidine rings is 1. The highest BCUT2D eigenvalue weighted by Crippen LogP contribution is 2.26. The fourth-order valence-electron chi connectivity index (χ4n) is 2.66. The van der Waals surface area contributed by atoms with Crippen molar-refractivity contribution < 1.29 is 9.59 Å². The number of halogens is 1. The van der Waals surface area contributed by atoms with Crippen LogP contribution in [-0.2, 0) is 0 Å². The first kappa shape index (κ1) is 17.1. The van der Waals surface area contributed by atoms with Crippen LogP contribution in [-0.4, -0.2) is 34.8 Å². The third kappa shape index (κ3) is 3.84. The van der Waals surface area contributed by atoms with Gasteiger partial charge >= 0.3 is 0 Å². The van der Waals surface area contributed by atoms with Crippen LogP contribution in [0.3, 0.4) is 0 Å². The molecule has 1 aromatic heterocycles. The maximum Gasteiger partial charge on any atom is 0.265 e. The van der Waals surface area contributed by atoms with Crippen LogP contribution in [0.25, 0.3) is 0 Å². The van der Waals surface area contributed by atoms with E-state index in [1.165, 1.54) is 17.8 Å². The number of nitrogens with zero attached hydrogens (tertiary/aromatic N) is 2. The summed E-state index contributed by atoms with van der Waals surface area (Å²) in [6.07, 6.45) is 3.29. The molecule has 2 heterocycles. The molecular weight excluding hydrogens is 390 g/mol. The maximum atomic E-state index is 12.6.